The minimum absolute atomic E-state index is 0.220. The lowest BCUT2D eigenvalue weighted by molar-refractivity contribution is 0.102. The molecular formula is C22H25FN8O. The number of piperazine rings is 1. The number of nitrogens with one attached hydrogen (secondary N) is 2. The number of rotatable bonds is 3. The highest BCUT2D eigenvalue weighted by molar-refractivity contribution is 6.13. The second-order valence-electron chi connectivity index (χ2n) is 8.58. The van der Waals surface area contributed by atoms with Crippen molar-refractivity contribution in [3.05, 3.63) is 47.9 Å². The summed E-state index contributed by atoms with van der Waals surface area (Å²) in [6.45, 7) is 7.70. The van der Waals surface area contributed by atoms with Crippen molar-refractivity contribution in [2.24, 2.45) is 7.05 Å². The first-order chi connectivity index (χ1) is 15.3. The molecule has 1 aliphatic rings. The summed E-state index contributed by atoms with van der Waals surface area (Å²) in [7, 11) is 1.82. The van der Waals surface area contributed by atoms with E-state index >= 15 is 0 Å². The summed E-state index contributed by atoms with van der Waals surface area (Å²) in [5.74, 6) is -0.0918. The van der Waals surface area contributed by atoms with Crippen LogP contribution in [0.15, 0.2) is 30.9 Å². The third-order valence-electron chi connectivity index (χ3n) is 5.63. The monoisotopic (exact) mass is 436 g/mol. The van der Waals surface area contributed by atoms with E-state index in [2.05, 4.69) is 44.4 Å². The van der Waals surface area contributed by atoms with Gasteiger partial charge >= 0.3 is 0 Å². The Morgan fingerprint density at radius 2 is 1.97 bits per heavy atom. The quantitative estimate of drug-likeness (QED) is 0.513. The molecule has 1 fully saturated rings. The summed E-state index contributed by atoms with van der Waals surface area (Å²) in [6, 6.07) is 1.92. The van der Waals surface area contributed by atoms with E-state index < -0.39 is 11.7 Å². The third kappa shape index (κ3) is 3.56. The van der Waals surface area contributed by atoms with Gasteiger partial charge in [0.05, 0.1) is 22.3 Å². The third-order valence-corrected chi connectivity index (χ3v) is 5.63. The molecule has 5 rings (SSSR count). The second-order valence-corrected chi connectivity index (χ2v) is 8.58. The van der Waals surface area contributed by atoms with Crippen molar-refractivity contribution in [3.63, 3.8) is 0 Å². The molecule has 0 radical (unpaired) electrons. The molecule has 2 N–H and O–H groups in total. The number of aryl methyl sites for hydroxylation is 2. The Morgan fingerprint density at radius 1 is 1.22 bits per heavy atom. The largest absolute Gasteiger partial charge is 0.353 e. The molecule has 5 heterocycles. The summed E-state index contributed by atoms with van der Waals surface area (Å²) in [5.41, 5.74) is 2.14. The van der Waals surface area contributed by atoms with Gasteiger partial charge in [-0.05, 0) is 20.8 Å². The van der Waals surface area contributed by atoms with Crippen molar-refractivity contribution in [3.8, 4) is 0 Å². The standard InChI is InChI=1S/C22H25FN8O/c1-12-7-30(8-13(2)25-12)20-17-11-29(4)28-19(17)16(6-24-20)22(32)27-15-5-18(23)21-26-14(3)9-31(21)10-15/h5-6,9-13,25H,7-8H2,1-4H3,(H,27,32)/t12-,13-/m0/s1. The highest BCUT2D eigenvalue weighted by Crippen LogP contribution is 2.28. The molecule has 1 saturated heterocycles. The van der Waals surface area contributed by atoms with Gasteiger partial charge in [-0.3, -0.25) is 9.48 Å². The van der Waals surface area contributed by atoms with Crippen molar-refractivity contribution in [1.29, 1.82) is 0 Å². The second kappa shape index (κ2) is 7.56. The molecule has 10 heteroatoms. The molecule has 0 bridgehead atoms. The van der Waals surface area contributed by atoms with Crippen LogP contribution in [0.25, 0.3) is 16.6 Å². The van der Waals surface area contributed by atoms with Crippen LogP contribution in [-0.4, -0.2) is 55.2 Å². The Labute approximate surface area is 184 Å². The summed E-state index contributed by atoms with van der Waals surface area (Å²) >= 11 is 0. The Balaban J connectivity index is 1.50. The predicted octanol–water partition coefficient (Wildman–Crippen LogP) is 2.50. The van der Waals surface area contributed by atoms with Gasteiger partial charge in [0, 0.05) is 63.1 Å². The average Bonchev–Trinajstić information content (AvgIpc) is 3.28. The molecule has 4 aromatic heterocycles. The Bertz CT molecular complexity index is 1330. The van der Waals surface area contributed by atoms with Gasteiger partial charge in [-0.2, -0.15) is 5.10 Å². The van der Waals surface area contributed by atoms with Crippen LogP contribution in [-0.2, 0) is 7.05 Å². The zero-order valence-electron chi connectivity index (χ0n) is 18.4. The van der Waals surface area contributed by atoms with Crippen molar-refractivity contribution < 1.29 is 9.18 Å². The molecule has 0 spiro atoms. The number of fused-ring (bicyclic) bond motifs is 2. The van der Waals surface area contributed by atoms with Crippen molar-refractivity contribution in [2.45, 2.75) is 32.9 Å². The first kappa shape index (κ1) is 20.4. The maximum absolute atomic E-state index is 14.4. The molecular weight excluding hydrogens is 411 g/mol. The Hall–Kier alpha value is -3.53. The summed E-state index contributed by atoms with van der Waals surface area (Å²) < 4.78 is 17.7. The first-order valence-corrected chi connectivity index (χ1v) is 10.6. The van der Waals surface area contributed by atoms with E-state index in [4.69, 9.17) is 0 Å². The summed E-state index contributed by atoms with van der Waals surface area (Å²) in [5, 5.41) is 11.6. The topological polar surface area (TPSA) is 92.4 Å². The number of halogens is 1. The van der Waals surface area contributed by atoms with Crippen LogP contribution in [0.3, 0.4) is 0 Å². The fourth-order valence-electron chi connectivity index (χ4n) is 4.47. The van der Waals surface area contributed by atoms with Gasteiger partial charge in [0.1, 0.15) is 11.3 Å². The summed E-state index contributed by atoms with van der Waals surface area (Å²) in [4.78, 5) is 24.1. The van der Waals surface area contributed by atoms with Gasteiger partial charge in [0.15, 0.2) is 11.5 Å². The molecule has 9 nitrogen and oxygen atoms in total. The fraction of sp³-hybridized carbons (Fsp3) is 0.364. The van der Waals surface area contributed by atoms with E-state index in [1.165, 1.54) is 6.07 Å². The molecule has 2 atom stereocenters. The van der Waals surface area contributed by atoms with Crippen LogP contribution in [0.4, 0.5) is 15.9 Å². The van der Waals surface area contributed by atoms with Crippen molar-refractivity contribution in [2.75, 3.05) is 23.3 Å². The van der Waals surface area contributed by atoms with Gasteiger partial charge in [-0.15, -0.1) is 0 Å². The fourth-order valence-corrected chi connectivity index (χ4v) is 4.47. The van der Waals surface area contributed by atoms with Gasteiger partial charge in [0.25, 0.3) is 5.91 Å². The maximum atomic E-state index is 14.4. The molecule has 1 aliphatic heterocycles. The highest BCUT2D eigenvalue weighted by Gasteiger charge is 2.26. The predicted molar refractivity (Wildman–Crippen MR) is 121 cm³/mol. The number of carbonyl (C=O) groups is 1. The Morgan fingerprint density at radius 3 is 2.72 bits per heavy atom. The molecule has 0 aromatic carbocycles. The zero-order chi connectivity index (χ0) is 22.6. The SMILES string of the molecule is Cc1cn2cc(NC(=O)c3cnc(N4C[C@H](C)N[C@@H](C)C4)c4cn(C)nc34)cc(F)c2n1. The number of hydrogen-bond donors (Lipinski definition) is 2. The first-order valence-electron chi connectivity index (χ1n) is 10.6. The number of pyridine rings is 2. The minimum atomic E-state index is -0.505. The van der Waals surface area contributed by atoms with Crippen LogP contribution in [0.1, 0.15) is 29.9 Å². The van der Waals surface area contributed by atoms with Crippen molar-refractivity contribution in [1.82, 2.24) is 29.5 Å². The van der Waals surface area contributed by atoms with Crippen LogP contribution >= 0.6 is 0 Å². The van der Waals surface area contributed by atoms with E-state index in [9.17, 15) is 9.18 Å². The molecule has 0 unspecified atom stereocenters. The number of hydrogen-bond acceptors (Lipinski definition) is 6. The number of anilines is 2. The van der Waals surface area contributed by atoms with Crippen LogP contribution in [0.2, 0.25) is 0 Å². The van der Waals surface area contributed by atoms with E-state index in [1.54, 1.807) is 34.6 Å². The number of aromatic nitrogens is 5. The van der Waals surface area contributed by atoms with Gasteiger partial charge in [0.2, 0.25) is 0 Å². The van der Waals surface area contributed by atoms with Gasteiger partial charge in [-0.25, -0.2) is 14.4 Å². The molecule has 166 valence electrons. The van der Waals surface area contributed by atoms with E-state index in [0.29, 0.717) is 34.5 Å². The lowest BCUT2D eigenvalue weighted by Gasteiger charge is -2.37. The number of carbonyl (C=O) groups excluding carboxylic acids is 1. The van der Waals surface area contributed by atoms with E-state index in [0.717, 1.165) is 24.3 Å². The lowest BCUT2D eigenvalue weighted by atomic mass is 10.1. The van der Waals surface area contributed by atoms with E-state index in [-0.39, 0.29) is 5.65 Å². The smallest absolute Gasteiger partial charge is 0.259 e. The summed E-state index contributed by atoms with van der Waals surface area (Å²) in [6.07, 6.45) is 6.77. The lowest BCUT2D eigenvalue weighted by Crippen LogP contribution is -2.54. The van der Waals surface area contributed by atoms with Crippen LogP contribution < -0.4 is 15.5 Å². The molecule has 0 aliphatic carbocycles. The van der Waals surface area contributed by atoms with Gasteiger partial charge in [-0.1, -0.05) is 0 Å². The molecule has 1 amide bonds. The maximum Gasteiger partial charge on any atom is 0.259 e. The normalized spacial score (nSPS) is 19.1. The number of nitrogens with zero attached hydrogens (tertiary/aromatic N) is 6. The molecule has 32 heavy (non-hydrogen) atoms. The zero-order valence-corrected chi connectivity index (χ0v) is 18.4. The molecule has 4 aromatic rings. The van der Waals surface area contributed by atoms with E-state index in [1.807, 2.05) is 13.2 Å². The van der Waals surface area contributed by atoms with Crippen molar-refractivity contribution >= 4 is 34.0 Å². The number of imidazole rings is 1. The Kier molecular flexibility index (Phi) is 4.81. The highest BCUT2D eigenvalue weighted by atomic mass is 19.1. The number of amides is 1. The van der Waals surface area contributed by atoms with Gasteiger partial charge < -0.3 is 19.9 Å². The minimum Gasteiger partial charge on any atom is -0.353 e. The van der Waals surface area contributed by atoms with Crippen LogP contribution in [0, 0.1) is 12.7 Å². The van der Waals surface area contributed by atoms with Crippen LogP contribution in [0.5, 0.6) is 0 Å². The average molecular weight is 436 g/mol. The molecule has 0 saturated carbocycles.